The van der Waals surface area contributed by atoms with Gasteiger partial charge in [-0.1, -0.05) is 43.7 Å². The molecule has 0 unspecified atom stereocenters. The number of carbonyl (C=O) groups is 2. The number of ether oxygens (including phenoxy) is 2. The van der Waals surface area contributed by atoms with Crippen molar-refractivity contribution >= 4 is 27.5 Å². The number of sulfonamides is 1. The Kier molecular flexibility index (Phi) is 10.8. The lowest BCUT2D eigenvalue weighted by atomic mass is 10.1. The lowest BCUT2D eigenvalue weighted by Gasteiger charge is -2.33. The third-order valence-corrected chi connectivity index (χ3v) is 7.28. The standard InChI is InChI=1S/C27H39N3O6S/c1-8-20(4)28-27(32)23(9-2)29(17-21-12-10-11-19(3)15-21)26(31)18-30(37(7,33)34)24-14-13-22(35-5)16-25(24)36-6/h10-16,20,23H,8-9,17-18H2,1-7H3,(H,28,32)/t20-,23+/m1/s1. The molecule has 0 heterocycles. The van der Waals surface area contributed by atoms with E-state index in [1.54, 1.807) is 12.1 Å². The summed E-state index contributed by atoms with van der Waals surface area (Å²) in [4.78, 5) is 28.5. The predicted octanol–water partition coefficient (Wildman–Crippen LogP) is 3.50. The van der Waals surface area contributed by atoms with Gasteiger partial charge in [-0.25, -0.2) is 8.42 Å². The van der Waals surface area contributed by atoms with Crippen molar-refractivity contribution in [1.82, 2.24) is 10.2 Å². The number of nitrogens with one attached hydrogen (secondary N) is 1. The average molecular weight is 534 g/mol. The van der Waals surface area contributed by atoms with Gasteiger partial charge in [-0.05, 0) is 44.4 Å². The van der Waals surface area contributed by atoms with Crippen LogP contribution in [-0.4, -0.2) is 64.2 Å². The summed E-state index contributed by atoms with van der Waals surface area (Å²) in [6.07, 6.45) is 2.14. The molecular formula is C27H39N3O6S. The SMILES string of the molecule is CC[C@@H](C)NC(=O)[C@H](CC)N(Cc1cccc(C)c1)C(=O)CN(c1ccc(OC)cc1OC)S(C)(=O)=O. The number of rotatable bonds is 13. The molecule has 0 aliphatic heterocycles. The molecule has 2 amide bonds. The molecule has 0 fully saturated rings. The second-order valence-electron chi connectivity index (χ2n) is 9.06. The molecule has 2 atom stereocenters. The highest BCUT2D eigenvalue weighted by Crippen LogP contribution is 2.33. The van der Waals surface area contributed by atoms with Crippen LogP contribution < -0.4 is 19.1 Å². The number of carbonyl (C=O) groups excluding carboxylic acids is 2. The van der Waals surface area contributed by atoms with Gasteiger partial charge >= 0.3 is 0 Å². The molecule has 0 radical (unpaired) electrons. The molecule has 10 heteroatoms. The summed E-state index contributed by atoms with van der Waals surface area (Å²) in [6.45, 7) is 7.30. The minimum Gasteiger partial charge on any atom is -0.497 e. The number of anilines is 1. The van der Waals surface area contributed by atoms with E-state index in [9.17, 15) is 18.0 Å². The fraction of sp³-hybridized carbons (Fsp3) is 0.481. The Bertz CT molecular complexity index is 1180. The Labute approximate surface area is 220 Å². The van der Waals surface area contributed by atoms with Crippen molar-refractivity contribution in [2.75, 3.05) is 31.3 Å². The quantitative estimate of drug-likeness (QED) is 0.423. The van der Waals surface area contributed by atoms with Gasteiger partial charge in [0.1, 0.15) is 24.1 Å². The molecule has 0 aromatic heterocycles. The van der Waals surface area contributed by atoms with Crippen molar-refractivity contribution in [3.8, 4) is 11.5 Å². The van der Waals surface area contributed by atoms with Gasteiger partial charge in [-0.15, -0.1) is 0 Å². The third kappa shape index (κ3) is 8.11. The Morgan fingerprint density at radius 2 is 1.73 bits per heavy atom. The van der Waals surface area contributed by atoms with Crippen LogP contribution in [0.3, 0.4) is 0 Å². The molecule has 9 nitrogen and oxygen atoms in total. The maximum atomic E-state index is 13.8. The van der Waals surface area contributed by atoms with Crippen LogP contribution in [0.15, 0.2) is 42.5 Å². The van der Waals surface area contributed by atoms with Crippen molar-refractivity contribution in [1.29, 1.82) is 0 Å². The molecule has 0 bridgehead atoms. The number of nitrogens with zero attached hydrogens (tertiary/aromatic N) is 2. The second-order valence-corrected chi connectivity index (χ2v) is 11.0. The normalized spacial score (nSPS) is 12.8. The number of amides is 2. The third-order valence-electron chi connectivity index (χ3n) is 6.16. The van der Waals surface area contributed by atoms with Crippen LogP contribution in [0.4, 0.5) is 5.69 Å². The van der Waals surface area contributed by atoms with Crippen molar-refractivity contribution in [2.24, 2.45) is 0 Å². The van der Waals surface area contributed by atoms with E-state index >= 15 is 0 Å². The second kappa shape index (κ2) is 13.3. The fourth-order valence-electron chi connectivity index (χ4n) is 3.95. The van der Waals surface area contributed by atoms with Crippen LogP contribution in [0.1, 0.15) is 44.7 Å². The van der Waals surface area contributed by atoms with Crippen molar-refractivity contribution < 1.29 is 27.5 Å². The van der Waals surface area contributed by atoms with Crippen LogP contribution in [0.5, 0.6) is 11.5 Å². The molecule has 2 aromatic rings. The lowest BCUT2D eigenvalue weighted by Crippen LogP contribution is -2.53. The summed E-state index contributed by atoms with van der Waals surface area (Å²) in [5, 5.41) is 2.96. The van der Waals surface area contributed by atoms with E-state index in [4.69, 9.17) is 9.47 Å². The van der Waals surface area contributed by atoms with E-state index in [-0.39, 0.29) is 29.9 Å². The van der Waals surface area contributed by atoms with Crippen molar-refractivity contribution in [2.45, 2.75) is 59.2 Å². The van der Waals surface area contributed by atoms with Crippen LogP contribution in [0.25, 0.3) is 0 Å². The Balaban J connectivity index is 2.51. The van der Waals surface area contributed by atoms with Crippen LogP contribution >= 0.6 is 0 Å². The van der Waals surface area contributed by atoms with E-state index in [1.165, 1.54) is 25.2 Å². The average Bonchev–Trinajstić information content (AvgIpc) is 2.85. The van der Waals surface area contributed by atoms with E-state index in [1.807, 2.05) is 52.0 Å². The van der Waals surface area contributed by atoms with Crippen LogP contribution in [0, 0.1) is 6.92 Å². The highest BCUT2D eigenvalue weighted by molar-refractivity contribution is 7.92. The molecular weight excluding hydrogens is 494 g/mol. The Morgan fingerprint density at radius 1 is 1.03 bits per heavy atom. The smallest absolute Gasteiger partial charge is 0.244 e. The zero-order valence-electron chi connectivity index (χ0n) is 22.8. The minimum atomic E-state index is -3.89. The van der Waals surface area contributed by atoms with Gasteiger partial charge < -0.3 is 19.7 Å². The van der Waals surface area contributed by atoms with E-state index in [0.29, 0.717) is 12.2 Å². The number of methoxy groups -OCH3 is 2. The summed E-state index contributed by atoms with van der Waals surface area (Å²) in [7, 11) is -0.985. The monoisotopic (exact) mass is 533 g/mol. The van der Waals surface area contributed by atoms with Crippen molar-refractivity contribution in [3.63, 3.8) is 0 Å². The summed E-state index contributed by atoms with van der Waals surface area (Å²) in [5.41, 5.74) is 2.06. The highest BCUT2D eigenvalue weighted by atomic mass is 32.2. The zero-order chi connectivity index (χ0) is 27.8. The van der Waals surface area contributed by atoms with Gasteiger partial charge in [0.15, 0.2) is 0 Å². The molecule has 0 spiro atoms. The maximum Gasteiger partial charge on any atom is 0.244 e. The van der Waals surface area contributed by atoms with Gasteiger partial charge in [0, 0.05) is 18.7 Å². The van der Waals surface area contributed by atoms with Gasteiger partial charge in [0.05, 0.1) is 26.2 Å². The molecule has 0 saturated carbocycles. The number of benzene rings is 2. The molecule has 37 heavy (non-hydrogen) atoms. The van der Waals surface area contributed by atoms with Gasteiger partial charge in [-0.2, -0.15) is 0 Å². The van der Waals surface area contributed by atoms with Gasteiger partial charge in [-0.3, -0.25) is 13.9 Å². The van der Waals surface area contributed by atoms with Crippen molar-refractivity contribution in [3.05, 3.63) is 53.6 Å². The van der Waals surface area contributed by atoms with E-state index < -0.39 is 28.5 Å². The molecule has 204 valence electrons. The molecule has 2 aromatic carbocycles. The number of hydrogen-bond acceptors (Lipinski definition) is 6. The molecule has 0 saturated heterocycles. The molecule has 1 N–H and O–H groups in total. The van der Waals surface area contributed by atoms with Crippen LogP contribution in [0.2, 0.25) is 0 Å². The minimum absolute atomic E-state index is 0.0615. The zero-order valence-corrected chi connectivity index (χ0v) is 23.6. The van der Waals surface area contributed by atoms with Gasteiger partial charge in [0.25, 0.3) is 0 Å². The van der Waals surface area contributed by atoms with Crippen LogP contribution in [-0.2, 0) is 26.2 Å². The van der Waals surface area contributed by atoms with E-state index in [2.05, 4.69) is 5.32 Å². The Hall–Kier alpha value is -3.27. The summed E-state index contributed by atoms with van der Waals surface area (Å²) < 4.78 is 37.3. The topological polar surface area (TPSA) is 105 Å². The Morgan fingerprint density at radius 3 is 2.27 bits per heavy atom. The first-order chi connectivity index (χ1) is 17.4. The molecule has 2 rings (SSSR count). The first kappa shape index (κ1) is 30.0. The first-order valence-corrected chi connectivity index (χ1v) is 14.1. The highest BCUT2D eigenvalue weighted by Gasteiger charge is 2.33. The lowest BCUT2D eigenvalue weighted by molar-refractivity contribution is -0.140. The maximum absolute atomic E-state index is 13.8. The van der Waals surface area contributed by atoms with Gasteiger partial charge in [0.2, 0.25) is 21.8 Å². The number of aryl methyl sites for hydroxylation is 1. The van der Waals surface area contributed by atoms with E-state index in [0.717, 1.165) is 28.1 Å². The first-order valence-electron chi connectivity index (χ1n) is 12.3. The molecule has 0 aliphatic carbocycles. The summed E-state index contributed by atoms with van der Waals surface area (Å²) >= 11 is 0. The predicted molar refractivity (Wildman–Crippen MR) is 145 cm³/mol. The fourth-order valence-corrected chi connectivity index (χ4v) is 4.81. The molecule has 0 aliphatic rings. The summed E-state index contributed by atoms with van der Waals surface area (Å²) in [5.74, 6) is -0.0553. The summed E-state index contributed by atoms with van der Waals surface area (Å²) in [6, 6.07) is 11.5. The number of hydrogen-bond donors (Lipinski definition) is 1. The largest absolute Gasteiger partial charge is 0.497 e.